The maximum absolute atomic E-state index is 12.3. The van der Waals surface area contributed by atoms with E-state index in [1.165, 1.54) is 5.56 Å². The summed E-state index contributed by atoms with van der Waals surface area (Å²) >= 11 is 0. The van der Waals surface area contributed by atoms with E-state index >= 15 is 0 Å². The third-order valence-electron chi connectivity index (χ3n) is 4.34. The quantitative estimate of drug-likeness (QED) is 0.905. The van der Waals surface area contributed by atoms with Crippen LogP contribution in [0.25, 0.3) is 0 Å². The fourth-order valence-corrected chi connectivity index (χ4v) is 3.15. The minimum absolute atomic E-state index is 0.141. The lowest BCUT2D eigenvalue weighted by atomic mass is 9.90. The van der Waals surface area contributed by atoms with Gasteiger partial charge in [0.1, 0.15) is 0 Å². The molecule has 21 heavy (non-hydrogen) atoms. The van der Waals surface area contributed by atoms with Gasteiger partial charge in [0.05, 0.1) is 6.04 Å². The molecule has 1 aliphatic heterocycles. The van der Waals surface area contributed by atoms with E-state index in [1.54, 1.807) is 0 Å². The zero-order valence-corrected chi connectivity index (χ0v) is 13.3. The lowest BCUT2D eigenvalue weighted by Gasteiger charge is -2.34. The van der Waals surface area contributed by atoms with Crippen molar-refractivity contribution in [1.29, 1.82) is 0 Å². The number of rotatable bonds is 5. The molecule has 1 saturated heterocycles. The zero-order valence-electron chi connectivity index (χ0n) is 13.3. The molecule has 3 heteroatoms. The summed E-state index contributed by atoms with van der Waals surface area (Å²) in [5.74, 6) is 1.30. The van der Waals surface area contributed by atoms with Crippen LogP contribution in [0.1, 0.15) is 38.7 Å². The lowest BCUT2D eigenvalue weighted by molar-refractivity contribution is -0.134. The molecule has 1 fully saturated rings. The highest BCUT2D eigenvalue weighted by molar-refractivity contribution is 5.81. The molecule has 116 valence electrons. The van der Waals surface area contributed by atoms with E-state index in [-0.39, 0.29) is 11.9 Å². The molecule has 1 heterocycles. The van der Waals surface area contributed by atoms with Gasteiger partial charge in [-0.25, -0.2) is 0 Å². The Kier molecular flexibility index (Phi) is 5.80. The Hall–Kier alpha value is -1.35. The number of carbonyl (C=O) groups excluding carboxylic acids is 1. The van der Waals surface area contributed by atoms with Crippen LogP contribution in [-0.4, -0.2) is 29.9 Å². The molecule has 1 unspecified atom stereocenters. The Balaban J connectivity index is 1.79. The van der Waals surface area contributed by atoms with Crippen molar-refractivity contribution < 1.29 is 4.79 Å². The summed E-state index contributed by atoms with van der Waals surface area (Å²) in [6, 6.07) is 10.3. The van der Waals surface area contributed by atoms with Crippen molar-refractivity contribution in [2.24, 2.45) is 17.6 Å². The van der Waals surface area contributed by atoms with Crippen molar-refractivity contribution >= 4 is 5.91 Å². The average Bonchev–Trinajstić information content (AvgIpc) is 2.47. The van der Waals surface area contributed by atoms with E-state index in [0.717, 1.165) is 38.8 Å². The van der Waals surface area contributed by atoms with Crippen molar-refractivity contribution in [3.63, 3.8) is 0 Å². The molecule has 1 aromatic carbocycles. The number of hydrogen-bond donors (Lipinski definition) is 1. The first kappa shape index (κ1) is 16.0. The monoisotopic (exact) mass is 288 g/mol. The van der Waals surface area contributed by atoms with Crippen molar-refractivity contribution in [2.45, 2.75) is 45.6 Å². The molecule has 2 N–H and O–H groups in total. The highest BCUT2D eigenvalue weighted by atomic mass is 16.2. The van der Waals surface area contributed by atoms with Crippen molar-refractivity contribution in [3.05, 3.63) is 35.9 Å². The van der Waals surface area contributed by atoms with Gasteiger partial charge in [0.2, 0.25) is 5.91 Å². The van der Waals surface area contributed by atoms with Crippen LogP contribution >= 0.6 is 0 Å². The topological polar surface area (TPSA) is 46.3 Å². The Bertz CT molecular complexity index is 436. The van der Waals surface area contributed by atoms with Gasteiger partial charge in [-0.15, -0.1) is 0 Å². The van der Waals surface area contributed by atoms with Crippen LogP contribution in [-0.2, 0) is 11.2 Å². The molecule has 3 nitrogen and oxygen atoms in total. The van der Waals surface area contributed by atoms with Crippen LogP contribution < -0.4 is 5.73 Å². The fourth-order valence-electron chi connectivity index (χ4n) is 3.15. The van der Waals surface area contributed by atoms with Gasteiger partial charge in [0, 0.05) is 13.1 Å². The Labute approximate surface area is 128 Å². The molecule has 0 radical (unpaired) electrons. The van der Waals surface area contributed by atoms with Crippen LogP contribution in [0.15, 0.2) is 30.3 Å². The summed E-state index contributed by atoms with van der Waals surface area (Å²) < 4.78 is 0. The number of benzene rings is 1. The minimum atomic E-state index is -0.323. The van der Waals surface area contributed by atoms with Gasteiger partial charge in [0.15, 0.2) is 0 Å². The molecule has 2 rings (SSSR count). The van der Waals surface area contributed by atoms with Crippen LogP contribution in [0.4, 0.5) is 0 Å². The summed E-state index contributed by atoms with van der Waals surface area (Å²) in [5, 5.41) is 0. The number of carbonyl (C=O) groups is 1. The predicted octanol–water partition coefficient (Wildman–Crippen LogP) is 2.84. The van der Waals surface area contributed by atoms with Crippen molar-refractivity contribution in [3.8, 4) is 0 Å². The Morgan fingerprint density at radius 3 is 2.43 bits per heavy atom. The SMILES string of the molecule is CC(C)CC(N)C(=O)N1CCC(Cc2ccccc2)CC1. The number of amides is 1. The maximum atomic E-state index is 12.3. The maximum Gasteiger partial charge on any atom is 0.239 e. The molecule has 0 saturated carbocycles. The van der Waals surface area contributed by atoms with E-state index < -0.39 is 0 Å². The van der Waals surface area contributed by atoms with Crippen LogP contribution in [0.3, 0.4) is 0 Å². The van der Waals surface area contributed by atoms with Crippen molar-refractivity contribution in [2.75, 3.05) is 13.1 Å². The summed E-state index contributed by atoms with van der Waals surface area (Å²) in [5.41, 5.74) is 7.42. The molecular weight excluding hydrogens is 260 g/mol. The highest BCUT2D eigenvalue weighted by Crippen LogP contribution is 2.22. The van der Waals surface area contributed by atoms with Gasteiger partial charge in [-0.2, -0.15) is 0 Å². The standard InChI is InChI=1S/C18H28N2O/c1-14(2)12-17(19)18(21)20-10-8-16(9-11-20)13-15-6-4-3-5-7-15/h3-7,14,16-17H,8-13,19H2,1-2H3. The van der Waals surface area contributed by atoms with Crippen LogP contribution in [0, 0.1) is 11.8 Å². The molecule has 0 aliphatic carbocycles. The second-order valence-electron chi connectivity index (χ2n) is 6.69. The molecule has 1 amide bonds. The number of hydrogen-bond acceptors (Lipinski definition) is 2. The molecule has 0 spiro atoms. The third kappa shape index (κ3) is 4.85. The predicted molar refractivity (Wildman–Crippen MR) is 86.9 cm³/mol. The zero-order chi connectivity index (χ0) is 15.2. The summed E-state index contributed by atoms with van der Waals surface area (Å²) in [4.78, 5) is 14.3. The third-order valence-corrected chi connectivity index (χ3v) is 4.34. The van der Waals surface area contributed by atoms with Crippen LogP contribution in [0.5, 0.6) is 0 Å². The van der Waals surface area contributed by atoms with Gasteiger partial charge in [-0.05, 0) is 43.1 Å². The van der Waals surface area contributed by atoms with Gasteiger partial charge in [0.25, 0.3) is 0 Å². The Morgan fingerprint density at radius 2 is 1.86 bits per heavy atom. The second-order valence-corrected chi connectivity index (χ2v) is 6.69. The van der Waals surface area contributed by atoms with Crippen molar-refractivity contribution in [1.82, 2.24) is 4.90 Å². The normalized spacial score (nSPS) is 18.0. The largest absolute Gasteiger partial charge is 0.341 e. The lowest BCUT2D eigenvalue weighted by Crippen LogP contribution is -2.47. The van der Waals surface area contributed by atoms with E-state index in [9.17, 15) is 4.79 Å². The molecule has 0 bridgehead atoms. The summed E-state index contributed by atoms with van der Waals surface area (Å²) in [6.45, 7) is 5.95. The van der Waals surface area contributed by atoms with E-state index in [4.69, 9.17) is 5.73 Å². The average molecular weight is 288 g/mol. The first-order valence-electron chi connectivity index (χ1n) is 8.14. The summed E-state index contributed by atoms with van der Waals surface area (Å²) in [7, 11) is 0. The van der Waals surface area contributed by atoms with Gasteiger partial charge >= 0.3 is 0 Å². The van der Waals surface area contributed by atoms with E-state index in [1.807, 2.05) is 4.90 Å². The number of nitrogens with zero attached hydrogens (tertiary/aromatic N) is 1. The Morgan fingerprint density at radius 1 is 1.24 bits per heavy atom. The molecular formula is C18H28N2O. The highest BCUT2D eigenvalue weighted by Gasteiger charge is 2.26. The van der Waals surface area contributed by atoms with Gasteiger partial charge in [-0.3, -0.25) is 4.79 Å². The number of nitrogens with two attached hydrogens (primary N) is 1. The molecule has 1 atom stereocenters. The fraction of sp³-hybridized carbons (Fsp3) is 0.611. The second kappa shape index (κ2) is 7.60. The molecule has 1 aromatic rings. The van der Waals surface area contributed by atoms with Gasteiger partial charge < -0.3 is 10.6 Å². The van der Waals surface area contributed by atoms with E-state index in [2.05, 4.69) is 44.2 Å². The number of likely N-dealkylation sites (tertiary alicyclic amines) is 1. The van der Waals surface area contributed by atoms with Gasteiger partial charge in [-0.1, -0.05) is 44.2 Å². The first-order valence-corrected chi connectivity index (χ1v) is 8.14. The number of piperidine rings is 1. The van der Waals surface area contributed by atoms with E-state index in [0.29, 0.717) is 11.8 Å². The molecule has 1 aliphatic rings. The first-order chi connectivity index (χ1) is 10.1. The minimum Gasteiger partial charge on any atom is -0.341 e. The van der Waals surface area contributed by atoms with Crippen LogP contribution in [0.2, 0.25) is 0 Å². The smallest absolute Gasteiger partial charge is 0.239 e. The molecule has 0 aromatic heterocycles. The summed E-state index contributed by atoms with van der Waals surface area (Å²) in [6.07, 6.45) is 4.09.